The van der Waals surface area contributed by atoms with Crippen LogP contribution in [0.25, 0.3) is 10.9 Å². The molecule has 0 aliphatic carbocycles. The zero-order valence-corrected chi connectivity index (χ0v) is 22.3. The second kappa shape index (κ2) is 15.5. The smallest absolute Gasteiger partial charge is 0.326 e. The summed E-state index contributed by atoms with van der Waals surface area (Å²) in [5, 5.41) is 36.7. The molecule has 0 saturated heterocycles. The number of carbonyl (C=O) groups is 5. The van der Waals surface area contributed by atoms with E-state index in [2.05, 4.69) is 20.9 Å². The molecule has 0 fully saturated rings. The van der Waals surface area contributed by atoms with Gasteiger partial charge >= 0.3 is 11.9 Å². The lowest BCUT2D eigenvalue weighted by Crippen LogP contribution is -2.60. The van der Waals surface area contributed by atoms with Gasteiger partial charge in [0.15, 0.2) is 0 Å². The van der Waals surface area contributed by atoms with E-state index < -0.39 is 59.9 Å². The summed E-state index contributed by atoms with van der Waals surface area (Å²) in [4.78, 5) is 64.6. The lowest BCUT2D eigenvalue weighted by molar-refractivity contribution is -0.143. The quantitative estimate of drug-likeness (QED) is 0.106. The number of carbonyl (C=O) groups excluding carboxylic acids is 3. The van der Waals surface area contributed by atoms with Crippen molar-refractivity contribution in [1.29, 1.82) is 0 Å². The van der Waals surface area contributed by atoms with Crippen LogP contribution in [0.15, 0.2) is 30.5 Å². The summed E-state index contributed by atoms with van der Waals surface area (Å²) >= 11 is 0. The molecule has 5 unspecified atom stereocenters. The van der Waals surface area contributed by atoms with Crippen molar-refractivity contribution in [2.24, 2.45) is 11.5 Å². The number of nitrogens with two attached hydrogens (primary N) is 2. The number of benzene rings is 1. The van der Waals surface area contributed by atoms with Crippen molar-refractivity contribution < 1.29 is 39.3 Å². The molecule has 3 amide bonds. The van der Waals surface area contributed by atoms with E-state index >= 15 is 0 Å². The molecule has 5 atom stereocenters. The number of aliphatic carboxylic acids is 2. The number of unbranched alkanes of at least 4 members (excludes halogenated alkanes) is 1. The highest BCUT2D eigenvalue weighted by atomic mass is 16.4. The van der Waals surface area contributed by atoms with Crippen LogP contribution in [0.2, 0.25) is 0 Å². The van der Waals surface area contributed by atoms with Crippen LogP contribution in [-0.4, -0.2) is 86.8 Å². The molecule has 0 bridgehead atoms. The van der Waals surface area contributed by atoms with E-state index in [0.29, 0.717) is 24.9 Å². The molecule has 11 N–H and O–H groups in total. The predicted octanol–water partition coefficient (Wildman–Crippen LogP) is -1.05. The van der Waals surface area contributed by atoms with E-state index in [1.165, 1.54) is 6.92 Å². The fraction of sp³-hybridized carbons (Fsp3) is 0.500. The van der Waals surface area contributed by atoms with Gasteiger partial charge in [-0.1, -0.05) is 18.2 Å². The number of carboxylic acid groups (broad SMARTS) is 2. The molecule has 2 aromatic rings. The molecule has 0 saturated carbocycles. The van der Waals surface area contributed by atoms with Crippen LogP contribution in [0.1, 0.15) is 44.6 Å². The van der Waals surface area contributed by atoms with Gasteiger partial charge in [-0.15, -0.1) is 0 Å². The van der Waals surface area contributed by atoms with Gasteiger partial charge in [-0.2, -0.15) is 0 Å². The number of hydrogen-bond donors (Lipinski definition) is 9. The zero-order chi connectivity index (χ0) is 29.8. The van der Waals surface area contributed by atoms with E-state index in [0.717, 1.165) is 10.9 Å². The maximum atomic E-state index is 13.4. The van der Waals surface area contributed by atoms with Crippen molar-refractivity contribution in [3.05, 3.63) is 36.0 Å². The number of aromatic amines is 1. The van der Waals surface area contributed by atoms with Gasteiger partial charge in [-0.3, -0.25) is 19.2 Å². The third kappa shape index (κ3) is 9.63. The minimum absolute atomic E-state index is 0.0295. The van der Waals surface area contributed by atoms with Gasteiger partial charge in [0.2, 0.25) is 17.7 Å². The van der Waals surface area contributed by atoms with E-state index in [-0.39, 0.29) is 25.7 Å². The molecule has 14 heteroatoms. The topological polar surface area (TPSA) is 250 Å². The van der Waals surface area contributed by atoms with Crippen molar-refractivity contribution in [3.8, 4) is 0 Å². The van der Waals surface area contributed by atoms with Crippen molar-refractivity contribution >= 4 is 40.6 Å². The molecule has 14 nitrogen and oxygen atoms in total. The van der Waals surface area contributed by atoms with Gasteiger partial charge in [0.05, 0.1) is 12.1 Å². The third-order valence-electron chi connectivity index (χ3n) is 6.36. The number of aromatic nitrogens is 1. The van der Waals surface area contributed by atoms with Gasteiger partial charge in [0, 0.05) is 29.9 Å². The largest absolute Gasteiger partial charge is 0.481 e. The first kappa shape index (κ1) is 32.2. The number of aliphatic hydroxyl groups excluding tert-OH is 1. The Bertz CT molecular complexity index is 1180. The zero-order valence-electron chi connectivity index (χ0n) is 22.3. The Morgan fingerprint density at radius 1 is 0.925 bits per heavy atom. The molecule has 2 rings (SSSR count). The first-order valence-electron chi connectivity index (χ1n) is 13.0. The number of hydrogen-bond acceptors (Lipinski definition) is 8. The number of nitrogens with one attached hydrogen (secondary N) is 4. The lowest BCUT2D eigenvalue weighted by Gasteiger charge is -2.26. The summed E-state index contributed by atoms with van der Waals surface area (Å²) in [7, 11) is 0. The van der Waals surface area contributed by atoms with E-state index in [4.69, 9.17) is 16.6 Å². The molecule has 0 aliphatic rings. The number of H-pyrrole nitrogens is 1. The number of para-hydroxylation sites is 1. The number of carboxylic acids is 2. The first-order chi connectivity index (χ1) is 18.9. The Morgan fingerprint density at radius 2 is 1.60 bits per heavy atom. The number of fused-ring (bicyclic) bond motifs is 1. The molecule has 220 valence electrons. The van der Waals surface area contributed by atoms with Gasteiger partial charge in [0.25, 0.3) is 0 Å². The SMILES string of the molecule is CC(O)C(NC(=O)C(Cc1c[nH]c2ccccc12)NC(=O)C(N)CCC(=O)O)C(=O)NC(CCCCN)C(=O)O. The van der Waals surface area contributed by atoms with Gasteiger partial charge in [-0.25, -0.2) is 4.79 Å². The Balaban J connectivity index is 2.24. The average molecular weight is 563 g/mol. The van der Waals surface area contributed by atoms with Gasteiger partial charge in [0.1, 0.15) is 18.1 Å². The monoisotopic (exact) mass is 562 g/mol. The van der Waals surface area contributed by atoms with Crippen LogP contribution >= 0.6 is 0 Å². The van der Waals surface area contributed by atoms with Crippen LogP contribution in [0.3, 0.4) is 0 Å². The highest BCUT2D eigenvalue weighted by molar-refractivity contribution is 5.95. The van der Waals surface area contributed by atoms with E-state index in [1.807, 2.05) is 18.2 Å². The number of aliphatic hydroxyl groups is 1. The Labute approximate surface area is 230 Å². The summed E-state index contributed by atoms with van der Waals surface area (Å²) in [6.45, 7) is 1.61. The summed E-state index contributed by atoms with van der Waals surface area (Å²) in [5.74, 6) is -4.94. The molecule has 1 aromatic carbocycles. The molecule has 40 heavy (non-hydrogen) atoms. The fourth-order valence-corrected chi connectivity index (χ4v) is 4.09. The number of amides is 3. The normalized spacial score (nSPS) is 14.9. The van der Waals surface area contributed by atoms with Crippen molar-refractivity contribution in [2.75, 3.05) is 6.54 Å². The molecular weight excluding hydrogens is 524 g/mol. The second-order valence-electron chi connectivity index (χ2n) is 9.57. The van der Waals surface area contributed by atoms with Crippen LogP contribution in [0, 0.1) is 0 Å². The summed E-state index contributed by atoms with van der Waals surface area (Å²) < 4.78 is 0. The second-order valence-corrected chi connectivity index (χ2v) is 9.57. The maximum absolute atomic E-state index is 13.4. The van der Waals surface area contributed by atoms with Gasteiger partial charge in [-0.05, 0) is 50.8 Å². The standard InChI is InChI=1S/C26H38N6O8/c1-14(33)22(25(38)30-19(26(39)40)8-4-5-11-27)32-24(37)20(31-23(36)17(28)9-10-21(34)35)12-15-13-29-18-7-3-2-6-16(15)18/h2-3,6-7,13-14,17,19-20,22,29,33H,4-5,8-12,27-28H2,1H3,(H,30,38)(H,31,36)(H,32,37)(H,34,35)(H,39,40). The summed E-state index contributed by atoms with van der Waals surface area (Å²) in [6, 6.07) is 2.00. The molecule has 0 aliphatic heterocycles. The van der Waals surface area contributed by atoms with Gasteiger partial charge < -0.3 is 47.7 Å². The van der Waals surface area contributed by atoms with Crippen LogP contribution in [-0.2, 0) is 30.4 Å². The van der Waals surface area contributed by atoms with Crippen molar-refractivity contribution in [3.63, 3.8) is 0 Å². The molecule has 0 radical (unpaired) electrons. The molecule has 1 heterocycles. The maximum Gasteiger partial charge on any atom is 0.326 e. The Morgan fingerprint density at radius 3 is 2.23 bits per heavy atom. The van der Waals surface area contributed by atoms with E-state index in [9.17, 15) is 34.2 Å². The van der Waals surface area contributed by atoms with Crippen molar-refractivity contribution in [2.45, 2.75) is 75.7 Å². The molecule has 0 spiro atoms. The molecular formula is C26H38N6O8. The third-order valence-corrected chi connectivity index (χ3v) is 6.36. The number of rotatable bonds is 17. The Hall–Kier alpha value is -4.01. The minimum atomic E-state index is -1.54. The average Bonchev–Trinajstić information content (AvgIpc) is 3.31. The highest BCUT2D eigenvalue weighted by Gasteiger charge is 2.33. The van der Waals surface area contributed by atoms with Crippen LogP contribution in [0.4, 0.5) is 0 Å². The van der Waals surface area contributed by atoms with E-state index in [1.54, 1.807) is 12.3 Å². The minimum Gasteiger partial charge on any atom is -0.481 e. The summed E-state index contributed by atoms with van der Waals surface area (Å²) in [6.07, 6.45) is 0.810. The lowest BCUT2D eigenvalue weighted by atomic mass is 10.0. The summed E-state index contributed by atoms with van der Waals surface area (Å²) in [5.41, 5.74) is 12.7. The highest BCUT2D eigenvalue weighted by Crippen LogP contribution is 2.19. The van der Waals surface area contributed by atoms with Crippen LogP contribution in [0.5, 0.6) is 0 Å². The fourth-order valence-electron chi connectivity index (χ4n) is 4.09. The van der Waals surface area contributed by atoms with Crippen LogP contribution < -0.4 is 27.4 Å². The molecule has 1 aromatic heterocycles. The van der Waals surface area contributed by atoms with Crippen molar-refractivity contribution in [1.82, 2.24) is 20.9 Å². The predicted molar refractivity (Wildman–Crippen MR) is 145 cm³/mol. The first-order valence-corrected chi connectivity index (χ1v) is 13.0. The Kier molecular flexibility index (Phi) is 12.5.